The summed E-state index contributed by atoms with van der Waals surface area (Å²) in [5.74, 6) is 0.143. The van der Waals surface area contributed by atoms with Gasteiger partial charge in [-0.2, -0.15) is 0 Å². The van der Waals surface area contributed by atoms with Gasteiger partial charge in [-0.25, -0.2) is 0 Å². The molecule has 1 saturated heterocycles. The maximum absolute atomic E-state index is 12.8. The van der Waals surface area contributed by atoms with Crippen LogP contribution in [0.15, 0.2) is 18.2 Å². The molecule has 110 valence electrons. The van der Waals surface area contributed by atoms with Crippen LogP contribution in [0.4, 0.5) is 5.69 Å². The van der Waals surface area contributed by atoms with Crippen molar-refractivity contribution < 1.29 is 4.79 Å². The van der Waals surface area contributed by atoms with E-state index in [2.05, 4.69) is 18.9 Å². The molecular formula is C16H25N3O. The maximum atomic E-state index is 12.8. The van der Waals surface area contributed by atoms with E-state index in [1.165, 1.54) is 0 Å². The number of nitrogen functional groups attached to an aromatic ring is 1. The van der Waals surface area contributed by atoms with Crippen LogP contribution >= 0.6 is 0 Å². The lowest BCUT2D eigenvalue weighted by molar-refractivity contribution is 0.0675. The molecule has 4 nitrogen and oxygen atoms in total. The monoisotopic (exact) mass is 275 g/mol. The molecule has 20 heavy (non-hydrogen) atoms. The first-order chi connectivity index (χ1) is 9.52. The molecule has 1 unspecified atom stereocenters. The van der Waals surface area contributed by atoms with Gasteiger partial charge >= 0.3 is 0 Å². The van der Waals surface area contributed by atoms with Crippen LogP contribution in [-0.4, -0.2) is 48.4 Å². The standard InChI is InChI=1S/C16H25N3O/c1-4-14-11-18(3)8-5-9-19(14)16(20)15-7-6-13(17)10-12(15)2/h6-7,10,14H,4-5,8-9,11,17H2,1-3H3. The molecule has 0 bridgehead atoms. The molecule has 1 aromatic carbocycles. The lowest BCUT2D eigenvalue weighted by atomic mass is 10.0. The number of carbonyl (C=O) groups excluding carboxylic acids is 1. The Bertz CT molecular complexity index is 487. The second kappa shape index (κ2) is 6.27. The van der Waals surface area contributed by atoms with E-state index in [0.717, 1.165) is 43.6 Å². The number of rotatable bonds is 2. The molecule has 0 spiro atoms. The molecule has 1 aromatic rings. The summed E-state index contributed by atoms with van der Waals surface area (Å²) >= 11 is 0. The summed E-state index contributed by atoms with van der Waals surface area (Å²) in [6.07, 6.45) is 2.02. The molecule has 0 saturated carbocycles. The van der Waals surface area contributed by atoms with Crippen LogP contribution in [0, 0.1) is 6.92 Å². The average Bonchev–Trinajstić information content (AvgIpc) is 2.59. The topological polar surface area (TPSA) is 49.6 Å². The first-order valence-corrected chi connectivity index (χ1v) is 7.38. The highest BCUT2D eigenvalue weighted by Crippen LogP contribution is 2.19. The Kier molecular flexibility index (Phi) is 4.65. The third-order valence-electron chi connectivity index (χ3n) is 4.12. The first-order valence-electron chi connectivity index (χ1n) is 7.38. The third kappa shape index (κ3) is 3.12. The minimum Gasteiger partial charge on any atom is -0.399 e. The normalized spacial score (nSPS) is 20.8. The van der Waals surface area contributed by atoms with E-state index < -0.39 is 0 Å². The van der Waals surface area contributed by atoms with E-state index >= 15 is 0 Å². The number of aryl methyl sites for hydroxylation is 1. The van der Waals surface area contributed by atoms with Gasteiger partial charge in [-0.05, 0) is 57.1 Å². The number of likely N-dealkylation sites (N-methyl/N-ethyl adjacent to an activating group) is 1. The quantitative estimate of drug-likeness (QED) is 0.841. The Hall–Kier alpha value is -1.55. The first kappa shape index (κ1) is 14.9. The van der Waals surface area contributed by atoms with Gasteiger partial charge in [-0.1, -0.05) is 6.92 Å². The summed E-state index contributed by atoms with van der Waals surface area (Å²) in [6, 6.07) is 5.84. The van der Waals surface area contributed by atoms with Gasteiger partial charge in [0, 0.05) is 30.4 Å². The molecule has 1 heterocycles. The van der Waals surface area contributed by atoms with E-state index in [9.17, 15) is 4.79 Å². The smallest absolute Gasteiger partial charge is 0.254 e. The van der Waals surface area contributed by atoms with Crippen molar-refractivity contribution in [2.75, 3.05) is 32.4 Å². The van der Waals surface area contributed by atoms with Gasteiger partial charge < -0.3 is 15.5 Å². The van der Waals surface area contributed by atoms with Crippen molar-refractivity contribution in [3.05, 3.63) is 29.3 Å². The fraction of sp³-hybridized carbons (Fsp3) is 0.562. The minimum atomic E-state index is 0.143. The molecule has 1 aliphatic heterocycles. The number of carbonyl (C=O) groups is 1. The number of anilines is 1. The predicted molar refractivity (Wildman–Crippen MR) is 82.8 cm³/mol. The van der Waals surface area contributed by atoms with Crippen molar-refractivity contribution in [2.45, 2.75) is 32.7 Å². The summed E-state index contributed by atoms with van der Waals surface area (Å²) in [4.78, 5) is 17.2. The van der Waals surface area contributed by atoms with Crippen molar-refractivity contribution in [3.8, 4) is 0 Å². The highest BCUT2D eigenvalue weighted by atomic mass is 16.2. The van der Waals surface area contributed by atoms with Gasteiger partial charge in [0.05, 0.1) is 0 Å². The van der Waals surface area contributed by atoms with Gasteiger partial charge in [0.1, 0.15) is 0 Å². The number of hydrogen-bond donors (Lipinski definition) is 1. The van der Waals surface area contributed by atoms with Gasteiger partial charge in [0.25, 0.3) is 5.91 Å². The number of amides is 1. The highest BCUT2D eigenvalue weighted by Gasteiger charge is 2.27. The van der Waals surface area contributed by atoms with Crippen molar-refractivity contribution in [3.63, 3.8) is 0 Å². The SMILES string of the molecule is CCC1CN(C)CCCN1C(=O)c1ccc(N)cc1C. The highest BCUT2D eigenvalue weighted by molar-refractivity contribution is 5.96. The lowest BCUT2D eigenvalue weighted by Crippen LogP contribution is -2.43. The summed E-state index contributed by atoms with van der Waals surface area (Å²) < 4.78 is 0. The molecule has 2 rings (SSSR count). The minimum absolute atomic E-state index is 0.143. The van der Waals surface area contributed by atoms with Gasteiger partial charge in [0.15, 0.2) is 0 Å². The number of hydrogen-bond acceptors (Lipinski definition) is 3. The summed E-state index contributed by atoms with van der Waals surface area (Å²) in [5, 5.41) is 0. The largest absolute Gasteiger partial charge is 0.399 e. The summed E-state index contributed by atoms with van der Waals surface area (Å²) in [5.41, 5.74) is 8.22. The van der Waals surface area contributed by atoms with Crippen molar-refractivity contribution in [2.24, 2.45) is 0 Å². The van der Waals surface area contributed by atoms with E-state index in [4.69, 9.17) is 5.73 Å². The maximum Gasteiger partial charge on any atom is 0.254 e. The zero-order valence-electron chi connectivity index (χ0n) is 12.7. The number of benzene rings is 1. The zero-order chi connectivity index (χ0) is 14.7. The summed E-state index contributed by atoms with van der Waals surface area (Å²) in [6.45, 7) is 6.96. The van der Waals surface area contributed by atoms with Gasteiger partial charge in [-0.3, -0.25) is 4.79 Å². The zero-order valence-corrected chi connectivity index (χ0v) is 12.7. The van der Waals surface area contributed by atoms with Crippen LogP contribution in [0.2, 0.25) is 0 Å². The van der Waals surface area contributed by atoms with Crippen molar-refractivity contribution in [1.82, 2.24) is 9.80 Å². The fourth-order valence-electron chi connectivity index (χ4n) is 2.94. The molecule has 2 N–H and O–H groups in total. The Morgan fingerprint density at radius 3 is 2.80 bits per heavy atom. The van der Waals surface area contributed by atoms with Crippen LogP contribution in [0.1, 0.15) is 35.7 Å². The second-order valence-electron chi connectivity index (χ2n) is 5.75. The molecular weight excluding hydrogens is 250 g/mol. The number of nitrogens with two attached hydrogens (primary N) is 1. The Labute approximate surface area is 121 Å². The van der Waals surface area contributed by atoms with E-state index in [-0.39, 0.29) is 5.91 Å². The van der Waals surface area contributed by atoms with Crippen molar-refractivity contribution in [1.29, 1.82) is 0 Å². The van der Waals surface area contributed by atoms with E-state index in [1.54, 1.807) is 0 Å². The van der Waals surface area contributed by atoms with Crippen LogP contribution in [0.25, 0.3) is 0 Å². The Balaban J connectivity index is 2.25. The summed E-state index contributed by atoms with van der Waals surface area (Å²) in [7, 11) is 2.13. The second-order valence-corrected chi connectivity index (χ2v) is 5.75. The Morgan fingerprint density at radius 1 is 1.40 bits per heavy atom. The van der Waals surface area contributed by atoms with Crippen molar-refractivity contribution >= 4 is 11.6 Å². The van der Waals surface area contributed by atoms with Crippen LogP contribution in [0.5, 0.6) is 0 Å². The molecule has 1 aliphatic rings. The van der Waals surface area contributed by atoms with E-state index in [0.29, 0.717) is 11.7 Å². The number of nitrogens with zero attached hydrogens (tertiary/aromatic N) is 2. The van der Waals surface area contributed by atoms with Gasteiger partial charge in [-0.15, -0.1) is 0 Å². The van der Waals surface area contributed by atoms with Gasteiger partial charge in [0.2, 0.25) is 0 Å². The molecule has 1 atom stereocenters. The van der Waals surface area contributed by atoms with Crippen LogP contribution in [-0.2, 0) is 0 Å². The molecule has 0 aliphatic carbocycles. The molecule has 4 heteroatoms. The molecule has 1 amide bonds. The lowest BCUT2D eigenvalue weighted by Gasteiger charge is -2.30. The third-order valence-corrected chi connectivity index (χ3v) is 4.12. The average molecular weight is 275 g/mol. The van der Waals surface area contributed by atoms with E-state index in [1.807, 2.05) is 30.0 Å². The fourth-order valence-corrected chi connectivity index (χ4v) is 2.94. The van der Waals surface area contributed by atoms with Crippen LogP contribution in [0.3, 0.4) is 0 Å². The van der Waals surface area contributed by atoms with Crippen LogP contribution < -0.4 is 5.73 Å². The molecule has 0 aromatic heterocycles. The molecule has 1 fully saturated rings. The molecule has 0 radical (unpaired) electrons. The predicted octanol–water partition coefficient (Wildman–Crippen LogP) is 2.13. The Morgan fingerprint density at radius 2 is 2.15 bits per heavy atom.